The minimum Gasteiger partial charge on any atom is -0.443 e. The van der Waals surface area contributed by atoms with Gasteiger partial charge in [-0.15, -0.1) is 0 Å². The molecule has 3 aliphatic heterocycles. The fourth-order valence-electron chi connectivity index (χ4n) is 2.87. The molecule has 0 unspecified atom stereocenters. The smallest absolute Gasteiger partial charge is 0.424 e. The number of ether oxygens (including phenoxy) is 2. The highest BCUT2D eigenvalue weighted by molar-refractivity contribution is 7.90. The molecule has 0 saturated carbocycles. The molecule has 2 fully saturated rings. The van der Waals surface area contributed by atoms with Crippen LogP contribution >= 0.6 is 0 Å². The van der Waals surface area contributed by atoms with Crippen molar-refractivity contribution in [1.82, 2.24) is 4.31 Å². The topological polar surface area (TPSA) is 72.9 Å². The van der Waals surface area contributed by atoms with Crippen LogP contribution in [-0.2, 0) is 19.5 Å². The average Bonchev–Trinajstić information content (AvgIpc) is 2.85. The van der Waals surface area contributed by atoms with E-state index in [-0.39, 0.29) is 12.6 Å². The van der Waals surface area contributed by atoms with Crippen LogP contribution in [0.4, 0.5) is 4.79 Å². The highest BCUT2D eigenvalue weighted by Crippen LogP contribution is 2.48. The number of nitrogens with zero attached hydrogens (tertiary/aromatic N) is 1. The Bertz CT molecular complexity index is 561. The molecule has 0 N–H and O–H groups in total. The summed E-state index contributed by atoms with van der Waals surface area (Å²) in [5, 5.41) is -0.664. The Morgan fingerprint density at radius 3 is 2.68 bits per heavy atom. The number of carbonyl (C=O) groups excluding carboxylic acids is 1. The van der Waals surface area contributed by atoms with Crippen LogP contribution in [0.25, 0.3) is 0 Å². The summed E-state index contributed by atoms with van der Waals surface area (Å²) in [4.78, 5) is 12.0. The summed E-state index contributed by atoms with van der Waals surface area (Å²) >= 11 is 0. The van der Waals surface area contributed by atoms with Crippen molar-refractivity contribution in [1.29, 1.82) is 0 Å². The first-order chi connectivity index (χ1) is 8.64. The number of fused-ring (bicyclic) bond motifs is 1. The maximum absolute atomic E-state index is 12.4. The summed E-state index contributed by atoms with van der Waals surface area (Å²) in [5.74, 6) is 0. The Balaban J connectivity index is 1.90. The minimum absolute atomic E-state index is 0.0158. The summed E-state index contributed by atoms with van der Waals surface area (Å²) in [6.45, 7) is 5.13. The first-order valence-electron chi connectivity index (χ1n) is 6.26. The molecule has 3 heterocycles. The largest absolute Gasteiger partial charge is 0.443 e. The second kappa shape index (κ2) is 3.52. The van der Waals surface area contributed by atoms with Crippen molar-refractivity contribution >= 4 is 16.1 Å². The van der Waals surface area contributed by atoms with Crippen molar-refractivity contribution in [2.24, 2.45) is 0 Å². The number of amides is 1. The van der Waals surface area contributed by atoms with Crippen molar-refractivity contribution in [3.63, 3.8) is 0 Å². The molecule has 0 aliphatic carbocycles. The van der Waals surface area contributed by atoms with Crippen LogP contribution in [0.1, 0.15) is 27.2 Å². The molecule has 2 saturated heterocycles. The molecule has 106 valence electrons. The fraction of sp³-hybridized carbons (Fsp3) is 0.750. The highest BCUT2D eigenvalue weighted by atomic mass is 32.2. The third-order valence-electron chi connectivity index (χ3n) is 3.61. The molecule has 1 amide bonds. The Morgan fingerprint density at radius 2 is 2.16 bits per heavy atom. The molecular formula is C12H17NO5S. The zero-order chi connectivity index (χ0) is 14.1. The van der Waals surface area contributed by atoms with Crippen LogP contribution in [0, 0.1) is 0 Å². The zero-order valence-corrected chi connectivity index (χ0v) is 11.9. The minimum atomic E-state index is -3.69. The molecule has 3 rings (SSSR count). The maximum Gasteiger partial charge on any atom is 0.424 e. The van der Waals surface area contributed by atoms with Gasteiger partial charge in [0.25, 0.3) is 0 Å². The van der Waals surface area contributed by atoms with Gasteiger partial charge in [0.05, 0.1) is 12.6 Å². The second-order valence-corrected chi connectivity index (χ2v) is 8.27. The average molecular weight is 287 g/mol. The van der Waals surface area contributed by atoms with Crippen molar-refractivity contribution < 1.29 is 22.7 Å². The molecule has 0 aromatic carbocycles. The molecule has 6 nitrogen and oxygen atoms in total. The van der Waals surface area contributed by atoms with Crippen molar-refractivity contribution in [3.8, 4) is 0 Å². The van der Waals surface area contributed by atoms with Crippen molar-refractivity contribution in [3.05, 3.63) is 12.2 Å². The van der Waals surface area contributed by atoms with Crippen molar-refractivity contribution in [2.75, 3.05) is 6.54 Å². The third-order valence-corrected chi connectivity index (χ3v) is 5.81. The van der Waals surface area contributed by atoms with Gasteiger partial charge in [-0.05, 0) is 27.2 Å². The molecular weight excluding hydrogens is 270 g/mol. The van der Waals surface area contributed by atoms with Gasteiger partial charge in [0.2, 0.25) is 10.0 Å². The molecule has 3 atom stereocenters. The van der Waals surface area contributed by atoms with Gasteiger partial charge >= 0.3 is 6.09 Å². The summed E-state index contributed by atoms with van der Waals surface area (Å²) in [6.07, 6.45) is 3.09. The van der Waals surface area contributed by atoms with Crippen LogP contribution in [0.15, 0.2) is 12.2 Å². The Hall–Kier alpha value is -1.08. The Morgan fingerprint density at radius 1 is 1.47 bits per heavy atom. The number of rotatable bonds is 0. The van der Waals surface area contributed by atoms with Gasteiger partial charge in [-0.3, -0.25) is 0 Å². The van der Waals surface area contributed by atoms with Gasteiger partial charge in [0, 0.05) is 0 Å². The van der Waals surface area contributed by atoms with Gasteiger partial charge in [0.15, 0.2) is 0 Å². The van der Waals surface area contributed by atoms with Gasteiger partial charge in [-0.25, -0.2) is 17.5 Å². The van der Waals surface area contributed by atoms with Crippen LogP contribution in [0.3, 0.4) is 0 Å². The highest BCUT2D eigenvalue weighted by Gasteiger charge is 2.65. The van der Waals surface area contributed by atoms with Gasteiger partial charge in [-0.1, -0.05) is 12.2 Å². The van der Waals surface area contributed by atoms with Gasteiger partial charge < -0.3 is 9.47 Å². The lowest BCUT2D eigenvalue weighted by Crippen LogP contribution is -2.40. The van der Waals surface area contributed by atoms with Crippen LogP contribution in [0.5, 0.6) is 0 Å². The van der Waals surface area contributed by atoms with E-state index in [2.05, 4.69) is 0 Å². The van der Waals surface area contributed by atoms with Crippen molar-refractivity contribution in [2.45, 2.75) is 49.7 Å². The van der Waals surface area contributed by atoms with E-state index >= 15 is 0 Å². The molecule has 3 aliphatic rings. The predicted octanol–water partition coefficient (Wildman–Crippen LogP) is 1.03. The molecule has 1 spiro atoms. The van der Waals surface area contributed by atoms with E-state index < -0.39 is 32.6 Å². The summed E-state index contributed by atoms with van der Waals surface area (Å²) in [5.41, 5.74) is -1.59. The van der Waals surface area contributed by atoms with Crippen LogP contribution in [-0.4, -0.2) is 47.9 Å². The molecule has 2 bridgehead atoms. The molecule has 0 radical (unpaired) electrons. The summed E-state index contributed by atoms with van der Waals surface area (Å²) < 4.78 is 36.5. The lowest BCUT2D eigenvalue weighted by molar-refractivity contribution is 0.0127. The fourth-order valence-corrected chi connectivity index (χ4v) is 4.95. The molecule has 19 heavy (non-hydrogen) atoms. The van der Waals surface area contributed by atoms with E-state index in [9.17, 15) is 13.2 Å². The number of carbonyl (C=O) groups is 1. The molecule has 7 heteroatoms. The zero-order valence-electron chi connectivity index (χ0n) is 11.1. The first kappa shape index (κ1) is 12.9. The lowest BCUT2D eigenvalue weighted by Gasteiger charge is -2.24. The summed E-state index contributed by atoms with van der Waals surface area (Å²) in [7, 11) is -3.69. The number of hydrogen-bond acceptors (Lipinski definition) is 5. The molecule has 0 aromatic heterocycles. The number of hydrogen-bond donors (Lipinski definition) is 0. The maximum atomic E-state index is 12.4. The van der Waals surface area contributed by atoms with E-state index in [1.807, 2.05) is 6.08 Å². The number of sulfonamides is 1. The lowest BCUT2D eigenvalue weighted by atomic mass is 9.94. The molecule has 0 aromatic rings. The van der Waals surface area contributed by atoms with E-state index in [0.717, 1.165) is 4.31 Å². The van der Waals surface area contributed by atoms with E-state index in [1.165, 1.54) is 0 Å². The second-order valence-electron chi connectivity index (χ2n) is 6.23. The predicted molar refractivity (Wildman–Crippen MR) is 67.0 cm³/mol. The van der Waals surface area contributed by atoms with E-state index in [1.54, 1.807) is 26.8 Å². The van der Waals surface area contributed by atoms with E-state index in [0.29, 0.717) is 6.42 Å². The van der Waals surface area contributed by atoms with E-state index in [4.69, 9.17) is 9.47 Å². The van der Waals surface area contributed by atoms with Gasteiger partial charge in [0.1, 0.15) is 16.5 Å². The third kappa shape index (κ3) is 1.79. The summed E-state index contributed by atoms with van der Waals surface area (Å²) in [6, 6.07) is 0. The Labute approximate surface area is 112 Å². The standard InChI is InChI=1S/C12H17NO5S/c1-11(2,3)18-10(14)13-7-12-5-4-8(17-12)6-9(12)19(13,15)16/h4-5,8-9H,6-7H2,1-3H3/t8-,9-,12-/m0/s1. The van der Waals surface area contributed by atoms with Gasteiger partial charge in [-0.2, -0.15) is 0 Å². The normalized spacial score (nSPS) is 38.6. The first-order valence-corrected chi connectivity index (χ1v) is 7.76. The SMILES string of the molecule is CC(C)(C)OC(=O)N1C[C@@]23C=C[C@@H](C[C@@H]2S1(=O)=O)O3. The van der Waals surface area contributed by atoms with Crippen LogP contribution in [0.2, 0.25) is 0 Å². The Kier molecular flexibility index (Phi) is 2.39. The quantitative estimate of drug-likeness (QED) is 0.622. The monoisotopic (exact) mass is 287 g/mol. The van der Waals surface area contributed by atoms with Crippen LogP contribution < -0.4 is 0 Å².